The van der Waals surface area contributed by atoms with Gasteiger partial charge in [0.05, 0.1) is 5.69 Å². The van der Waals surface area contributed by atoms with Gasteiger partial charge in [0.1, 0.15) is 16.4 Å². The number of halogens is 1. The molecule has 4 rings (SSSR count). The van der Waals surface area contributed by atoms with E-state index in [0.29, 0.717) is 23.5 Å². The van der Waals surface area contributed by atoms with Gasteiger partial charge in [0.25, 0.3) is 11.8 Å². The van der Waals surface area contributed by atoms with Gasteiger partial charge in [0, 0.05) is 22.7 Å². The molecule has 1 aliphatic heterocycles. The third-order valence-corrected chi connectivity index (χ3v) is 6.49. The van der Waals surface area contributed by atoms with Gasteiger partial charge in [-0.2, -0.15) is 0 Å². The number of benzene rings is 3. The first-order valence-corrected chi connectivity index (χ1v) is 12.3. The summed E-state index contributed by atoms with van der Waals surface area (Å²) >= 11 is 1.15. The number of carbonyl (C=O) groups excluding carboxylic acids is 3. The molecule has 0 fully saturated rings. The summed E-state index contributed by atoms with van der Waals surface area (Å²) in [6, 6.07) is 19.8. The van der Waals surface area contributed by atoms with Gasteiger partial charge in [0.15, 0.2) is 0 Å². The van der Waals surface area contributed by atoms with E-state index >= 15 is 0 Å². The summed E-state index contributed by atoms with van der Waals surface area (Å²) in [6.45, 7) is 5.88. The molecule has 2 N–H and O–H groups in total. The number of anilines is 3. The molecule has 0 radical (unpaired) electrons. The van der Waals surface area contributed by atoms with Crippen LogP contribution in [-0.4, -0.2) is 17.7 Å². The fourth-order valence-corrected chi connectivity index (χ4v) is 4.55. The van der Waals surface area contributed by atoms with Crippen LogP contribution in [0, 0.1) is 18.7 Å². The Labute approximate surface area is 213 Å². The zero-order valence-electron chi connectivity index (χ0n) is 20.2. The first-order chi connectivity index (χ1) is 17.2. The Balaban J connectivity index is 1.62. The molecular formula is C28H26FN3O3S. The Morgan fingerprint density at radius 1 is 0.889 bits per heavy atom. The third kappa shape index (κ3) is 5.83. The van der Waals surface area contributed by atoms with Gasteiger partial charge in [-0.3, -0.25) is 14.4 Å². The zero-order valence-corrected chi connectivity index (χ0v) is 21.0. The molecule has 0 aliphatic carbocycles. The monoisotopic (exact) mass is 503 g/mol. The lowest BCUT2D eigenvalue weighted by molar-refractivity contribution is -0.120. The summed E-state index contributed by atoms with van der Waals surface area (Å²) in [6.07, 6.45) is 0.424. The van der Waals surface area contributed by atoms with Crippen molar-refractivity contribution in [3.8, 4) is 0 Å². The second kappa shape index (κ2) is 10.8. The highest BCUT2D eigenvalue weighted by Gasteiger charge is 2.40. The van der Waals surface area contributed by atoms with Crippen LogP contribution in [0.25, 0.3) is 0 Å². The van der Waals surface area contributed by atoms with Gasteiger partial charge < -0.3 is 10.6 Å². The van der Waals surface area contributed by atoms with Crippen molar-refractivity contribution < 1.29 is 18.8 Å². The molecule has 0 saturated heterocycles. The molecule has 0 spiro atoms. The van der Waals surface area contributed by atoms with Crippen LogP contribution in [0.3, 0.4) is 0 Å². The highest BCUT2D eigenvalue weighted by atomic mass is 32.2. The molecule has 36 heavy (non-hydrogen) atoms. The lowest BCUT2D eigenvalue weighted by atomic mass is 10.1. The summed E-state index contributed by atoms with van der Waals surface area (Å²) in [7, 11) is 0. The maximum Gasteiger partial charge on any atom is 0.283 e. The van der Waals surface area contributed by atoms with E-state index in [-0.39, 0.29) is 22.4 Å². The molecule has 184 valence electrons. The van der Waals surface area contributed by atoms with E-state index in [0.717, 1.165) is 27.1 Å². The third-order valence-electron chi connectivity index (χ3n) is 5.40. The topological polar surface area (TPSA) is 78.5 Å². The molecule has 0 atom stereocenters. The number of nitrogens with zero attached hydrogens (tertiary/aromatic N) is 1. The predicted octanol–water partition coefficient (Wildman–Crippen LogP) is 6.11. The van der Waals surface area contributed by atoms with Gasteiger partial charge in [-0.25, -0.2) is 9.29 Å². The minimum atomic E-state index is -0.492. The zero-order chi connectivity index (χ0) is 25.8. The van der Waals surface area contributed by atoms with E-state index in [9.17, 15) is 18.8 Å². The Hall–Kier alpha value is -3.91. The number of rotatable bonds is 8. The van der Waals surface area contributed by atoms with Gasteiger partial charge in [-0.1, -0.05) is 43.3 Å². The molecule has 1 heterocycles. The highest BCUT2D eigenvalue weighted by Crippen LogP contribution is 2.38. The molecular weight excluding hydrogens is 477 g/mol. The van der Waals surface area contributed by atoms with Gasteiger partial charge in [-0.05, 0) is 73.5 Å². The number of nitrogens with one attached hydrogen (secondary N) is 2. The molecule has 6 nitrogen and oxygen atoms in total. The average molecular weight is 504 g/mol. The van der Waals surface area contributed by atoms with E-state index in [2.05, 4.69) is 10.6 Å². The first kappa shape index (κ1) is 25.2. The predicted molar refractivity (Wildman–Crippen MR) is 141 cm³/mol. The number of hydrogen-bond donors (Lipinski definition) is 2. The van der Waals surface area contributed by atoms with Crippen molar-refractivity contribution in [2.45, 2.75) is 32.1 Å². The fourth-order valence-electron chi connectivity index (χ4n) is 3.63. The lowest BCUT2D eigenvalue weighted by Gasteiger charge is -2.15. The van der Waals surface area contributed by atoms with Crippen molar-refractivity contribution >= 4 is 46.5 Å². The van der Waals surface area contributed by atoms with Crippen molar-refractivity contribution in [1.82, 2.24) is 0 Å². The van der Waals surface area contributed by atoms with Crippen LogP contribution in [0.1, 0.15) is 25.8 Å². The molecule has 0 unspecified atom stereocenters. The number of hydrogen-bond acceptors (Lipinski definition) is 5. The van der Waals surface area contributed by atoms with Crippen molar-refractivity contribution in [3.63, 3.8) is 0 Å². The largest absolute Gasteiger partial charge is 0.350 e. The number of imide groups is 1. The minimum Gasteiger partial charge on any atom is -0.350 e. The molecule has 3 aromatic carbocycles. The van der Waals surface area contributed by atoms with Gasteiger partial charge in [0.2, 0.25) is 5.91 Å². The standard InChI is InChI=1S/C28H26FN3O3S/c1-17(2)16-24(33)30-20-10-14-23(15-11-20)36-26-25(31-21-8-6-19(29)7-9-21)27(34)32(28(26)35)22-12-4-18(3)5-13-22/h4-15,17,31H,16H2,1-3H3,(H,30,33). The second-order valence-corrected chi connectivity index (χ2v) is 9.97. The molecule has 0 saturated carbocycles. The van der Waals surface area contributed by atoms with Gasteiger partial charge in [-0.15, -0.1) is 0 Å². The van der Waals surface area contributed by atoms with Crippen LogP contribution in [0.4, 0.5) is 21.5 Å². The maximum absolute atomic E-state index is 13.4. The fraction of sp³-hybridized carbons (Fsp3) is 0.179. The van der Waals surface area contributed by atoms with Crippen LogP contribution in [0.2, 0.25) is 0 Å². The molecule has 0 bridgehead atoms. The van der Waals surface area contributed by atoms with E-state index in [1.807, 2.05) is 32.9 Å². The van der Waals surface area contributed by atoms with E-state index in [4.69, 9.17) is 0 Å². The van der Waals surface area contributed by atoms with Crippen molar-refractivity contribution in [2.75, 3.05) is 15.5 Å². The summed E-state index contributed by atoms with van der Waals surface area (Å²) in [5, 5.41) is 5.86. The minimum absolute atomic E-state index is 0.0656. The SMILES string of the molecule is Cc1ccc(N2C(=O)C(Nc3ccc(F)cc3)=C(Sc3ccc(NC(=O)CC(C)C)cc3)C2=O)cc1. The van der Waals surface area contributed by atoms with Crippen LogP contribution in [-0.2, 0) is 14.4 Å². The smallest absolute Gasteiger partial charge is 0.283 e. The summed E-state index contributed by atoms with van der Waals surface area (Å²) < 4.78 is 13.4. The summed E-state index contributed by atoms with van der Waals surface area (Å²) in [5.41, 5.74) is 2.73. The summed E-state index contributed by atoms with van der Waals surface area (Å²) in [4.78, 5) is 41.0. The van der Waals surface area contributed by atoms with Crippen LogP contribution in [0.5, 0.6) is 0 Å². The molecule has 1 aliphatic rings. The average Bonchev–Trinajstić information content (AvgIpc) is 3.06. The highest BCUT2D eigenvalue weighted by molar-refractivity contribution is 8.04. The number of carbonyl (C=O) groups is 3. The quantitative estimate of drug-likeness (QED) is 0.363. The van der Waals surface area contributed by atoms with Crippen molar-refractivity contribution in [2.24, 2.45) is 5.92 Å². The first-order valence-electron chi connectivity index (χ1n) is 11.5. The number of amides is 3. The number of thioether (sulfide) groups is 1. The molecule has 3 amide bonds. The second-order valence-electron chi connectivity index (χ2n) is 8.89. The lowest BCUT2D eigenvalue weighted by Crippen LogP contribution is -2.32. The Kier molecular flexibility index (Phi) is 7.55. The molecule has 3 aromatic rings. The Morgan fingerprint density at radius 3 is 2.11 bits per heavy atom. The van der Waals surface area contributed by atoms with Crippen molar-refractivity contribution in [1.29, 1.82) is 0 Å². The van der Waals surface area contributed by atoms with Gasteiger partial charge >= 0.3 is 0 Å². The Bertz CT molecular complexity index is 1320. The molecule has 0 aromatic heterocycles. The van der Waals surface area contributed by atoms with Crippen LogP contribution < -0.4 is 15.5 Å². The number of aryl methyl sites for hydroxylation is 1. The summed E-state index contributed by atoms with van der Waals surface area (Å²) in [5.74, 6) is -1.16. The normalized spacial score (nSPS) is 13.5. The van der Waals surface area contributed by atoms with E-state index < -0.39 is 17.6 Å². The Morgan fingerprint density at radius 2 is 1.50 bits per heavy atom. The maximum atomic E-state index is 13.4. The van der Waals surface area contributed by atoms with E-state index in [1.165, 1.54) is 24.3 Å². The van der Waals surface area contributed by atoms with E-state index in [1.54, 1.807) is 36.4 Å². The molecule has 8 heteroatoms. The van der Waals surface area contributed by atoms with Crippen LogP contribution in [0.15, 0.2) is 88.3 Å². The van der Waals surface area contributed by atoms with Crippen LogP contribution >= 0.6 is 11.8 Å². The van der Waals surface area contributed by atoms with Crippen molar-refractivity contribution in [3.05, 3.63) is 94.8 Å².